The van der Waals surface area contributed by atoms with Crippen molar-refractivity contribution < 1.29 is 20.1 Å². The molecule has 2 saturated heterocycles. The van der Waals surface area contributed by atoms with Crippen LogP contribution < -0.4 is 5.32 Å². The Bertz CT molecular complexity index is 793. The van der Waals surface area contributed by atoms with Gasteiger partial charge in [-0.05, 0) is 46.7 Å². The molecule has 174 valence electrons. The average molecular weight is 437 g/mol. The van der Waals surface area contributed by atoms with Crippen molar-refractivity contribution in [2.45, 2.75) is 82.3 Å². The van der Waals surface area contributed by atoms with Crippen LogP contribution in [0.15, 0.2) is 11.3 Å². The molecule has 4 heterocycles. The molecule has 0 radical (unpaired) electrons. The third kappa shape index (κ3) is 4.12. The van der Waals surface area contributed by atoms with Gasteiger partial charge in [0.1, 0.15) is 30.2 Å². The highest BCUT2D eigenvalue weighted by Crippen LogP contribution is 2.38. The minimum atomic E-state index is -1.17. The number of piperidine rings is 1. The minimum absolute atomic E-state index is 0.190. The molecule has 0 saturated carbocycles. The van der Waals surface area contributed by atoms with Gasteiger partial charge in [-0.3, -0.25) is 14.8 Å². The molecule has 0 aliphatic carbocycles. The Kier molecular flexibility index (Phi) is 6.39. The van der Waals surface area contributed by atoms with Crippen LogP contribution in [-0.2, 0) is 4.74 Å². The molecule has 3 aliphatic rings. The van der Waals surface area contributed by atoms with E-state index in [-0.39, 0.29) is 18.3 Å². The highest BCUT2D eigenvalue weighted by molar-refractivity contribution is 5.65. The molecule has 31 heavy (non-hydrogen) atoms. The predicted octanol–water partition coefficient (Wildman–Crippen LogP) is 0.341. The second-order valence-electron chi connectivity index (χ2n) is 9.54. The number of hydrogen-bond acceptors (Lipinski definition) is 9. The number of hydrogen-bond donors (Lipinski definition) is 4. The smallest absolute Gasteiger partial charge is 0.165 e. The van der Waals surface area contributed by atoms with E-state index in [1.54, 1.807) is 17.2 Å². The van der Waals surface area contributed by atoms with Gasteiger partial charge in [0.2, 0.25) is 0 Å². The normalized spacial score (nSPS) is 33.0. The van der Waals surface area contributed by atoms with Crippen molar-refractivity contribution in [3.63, 3.8) is 0 Å². The number of fused-ring (bicyclic) bond motifs is 1. The lowest BCUT2D eigenvalue weighted by Gasteiger charge is -2.45. The van der Waals surface area contributed by atoms with Crippen molar-refractivity contribution in [2.24, 2.45) is 4.99 Å². The summed E-state index contributed by atoms with van der Waals surface area (Å²) in [5.41, 5.74) is 0.547. The molecule has 1 aromatic heterocycles. The van der Waals surface area contributed by atoms with Gasteiger partial charge in [-0.25, -0.2) is 9.98 Å². The summed E-state index contributed by atoms with van der Waals surface area (Å²) >= 11 is 0. The van der Waals surface area contributed by atoms with Crippen LogP contribution in [-0.4, -0.2) is 97.6 Å². The third-order valence-electron chi connectivity index (χ3n) is 7.11. The molecule has 3 aliphatic heterocycles. The zero-order chi connectivity index (χ0) is 22.3. The summed E-state index contributed by atoms with van der Waals surface area (Å²) in [6.07, 6.45) is 2.88. The molecule has 4 rings (SSSR count). The number of rotatable bonds is 6. The Morgan fingerprint density at radius 2 is 1.94 bits per heavy atom. The fraction of sp³-hybridized carbons (Fsp3) is 0.810. The monoisotopic (exact) mass is 436 g/mol. The summed E-state index contributed by atoms with van der Waals surface area (Å²) in [4.78, 5) is 13.7. The lowest BCUT2D eigenvalue weighted by molar-refractivity contribution is -0.0520. The summed E-state index contributed by atoms with van der Waals surface area (Å²) in [6, 6.07) is 0.339. The zero-order valence-electron chi connectivity index (χ0n) is 18.8. The Morgan fingerprint density at radius 1 is 1.23 bits per heavy atom. The SMILES string of the molecule is CC(N1CCCCC1)C(C)(C)NC1c2ncn(C3OC(CO)C(O)C3O)c2N=CN1C. The number of ether oxygens (including phenoxy) is 1. The number of nitrogens with zero attached hydrogens (tertiary/aromatic N) is 5. The van der Waals surface area contributed by atoms with Crippen LogP contribution in [0.3, 0.4) is 0 Å². The zero-order valence-corrected chi connectivity index (χ0v) is 18.8. The van der Waals surface area contributed by atoms with E-state index in [1.165, 1.54) is 19.3 Å². The van der Waals surface area contributed by atoms with E-state index in [0.717, 1.165) is 18.8 Å². The summed E-state index contributed by atoms with van der Waals surface area (Å²) in [5, 5.41) is 33.7. The molecule has 0 spiro atoms. The highest BCUT2D eigenvalue weighted by atomic mass is 16.6. The first-order valence-corrected chi connectivity index (χ1v) is 11.2. The fourth-order valence-electron chi connectivity index (χ4n) is 4.80. The second kappa shape index (κ2) is 8.76. The molecular formula is C21H36N6O4. The minimum Gasteiger partial charge on any atom is -0.394 e. The van der Waals surface area contributed by atoms with Gasteiger partial charge in [0, 0.05) is 18.6 Å². The van der Waals surface area contributed by atoms with Crippen molar-refractivity contribution in [2.75, 3.05) is 26.7 Å². The van der Waals surface area contributed by atoms with E-state index in [9.17, 15) is 15.3 Å². The van der Waals surface area contributed by atoms with Crippen molar-refractivity contribution in [1.29, 1.82) is 0 Å². The first kappa shape index (κ1) is 22.6. The van der Waals surface area contributed by atoms with E-state index in [4.69, 9.17) is 4.74 Å². The molecule has 10 nitrogen and oxygen atoms in total. The predicted molar refractivity (Wildman–Crippen MR) is 116 cm³/mol. The van der Waals surface area contributed by atoms with Gasteiger partial charge in [-0.2, -0.15) is 0 Å². The topological polar surface area (TPSA) is 119 Å². The van der Waals surface area contributed by atoms with Crippen LogP contribution in [0.1, 0.15) is 58.1 Å². The van der Waals surface area contributed by atoms with Crippen molar-refractivity contribution in [3.8, 4) is 0 Å². The van der Waals surface area contributed by atoms with E-state index in [0.29, 0.717) is 11.9 Å². The summed E-state index contributed by atoms with van der Waals surface area (Å²) in [5.74, 6) is 0.576. The average Bonchev–Trinajstić information content (AvgIpc) is 3.31. The van der Waals surface area contributed by atoms with Crippen molar-refractivity contribution in [3.05, 3.63) is 12.0 Å². The largest absolute Gasteiger partial charge is 0.394 e. The Labute approximate surface area is 183 Å². The van der Waals surface area contributed by atoms with Crippen LogP contribution in [0.2, 0.25) is 0 Å². The maximum absolute atomic E-state index is 10.4. The van der Waals surface area contributed by atoms with Crippen LogP contribution in [0.4, 0.5) is 5.82 Å². The highest BCUT2D eigenvalue weighted by Gasteiger charge is 2.45. The van der Waals surface area contributed by atoms with Gasteiger partial charge in [-0.1, -0.05) is 6.42 Å². The molecule has 10 heteroatoms. The number of nitrogens with one attached hydrogen (secondary N) is 1. The van der Waals surface area contributed by atoms with E-state index in [2.05, 4.69) is 41.0 Å². The molecule has 2 fully saturated rings. The van der Waals surface area contributed by atoms with Gasteiger partial charge >= 0.3 is 0 Å². The molecule has 6 unspecified atom stereocenters. The van der Waals surface area contributed by atoms with E-state index in [1.807, 2.05) is 11.9 Å². The number of aliphatic hydroxyl groups excluding tert-OH is 3. The number of imidazole rings is 1. The lowest BCUT2D eigenvalue weighted by Crippen LogP contribution is -2.59. The van der Waals surface area contributed by atoms with Gasteiger partial charge < -0.3 is 25.0 Å². The number of likely N-dealkylation sites (tertiary alicyclic amines) is 1. The number of aliphatic imine (C=N–C) groups is 1. The Hall–Kier alpha value is -1.56. The molecule has 0 amide bonds. The molecule has 0 bridgehead atoms. The standard InChI is InChI=1S/C21H36N6O4/c1-13(26-8-6-5-7-9-26)21(2,3)24-19-15-18(23-11-25(19)4)27(12-22-15)20-17(30)16(29)14(10-28)31-20/h11-14,16-17,19-20,24,28-30H,5-10H2,1-4H3. The van der Waals surface area contributed by atoms with Crippen LogP contribution in [0.5, 0.6) is 0 Å². The maximum atomic E-state index is 10.4. The number of aromatic nitrogens is 2. The summed E-state index contributed by atoms with van der Waals surface area (Å²) in [6.45, 7) is 8.58. The Morgan fingerprint density at radius 3 is 2.58 bits per heavy atom. The van der Waals surface area contributed by atoms with Crippen molar-refractivity contribution in [1.82, 2.24) is 24.7 Å². The Balaban J connectivity index is 1.56. The van der Waals surface area contributed by atoms with Crippen molar-refractivity contribution >= 4 is 12.2 Å². The molecule has 6 atom stereocenters. The maximum Gasteiger partial charge on any atom is 0.165 e. The summed E-state index contributed by atoms with van der Waals surface area (Å²) < 4.78 is 7.32. The van der Waals surface area contributed by atoms with E-state index >= 15 is 0 Å². The molecular weight excluding hydrogens is 400 g/mol. The third-order valence-corrected chi connectivity index (χ3v) is 7.11. The van der Waals surface area contributed by atoms with Crippen LogP contribution in [0, 0.1) is 0 Å². The summed E-state index contributed by atoms with van der Waals surface area (Å²) in [7, 11) is 1.96. The van der Waals surface area contributed by atoms with Gasteiger partial charge in [0.15, 0.2) is 12.0 Å². The van der Waals surface area contributed by atoms with Gasteiger partial charge in [0.25, 0.3) is 0 Å². The first-order valence-electron chi connectivity index (χ1n) is 11.2. The van der Waals surface area contributed by atoms with Crippen LogP contribution >= 0.6 is 0 Å². The molecule has 1 aromatic rings. The quantitative estimate of drug-likeness (QED) is 0.504. The fourth-order valence-corrected chi connectivity index (χ4v) is 4.80. The van der Waals surface area contributed by atoms with Gasteiger partial charge in [0.05, 0.1) is 19.3 Å². The van der Waals surface area contributed by atoms with Gasteiger partial charge in [-0.15, -0.1) is 0 Å². The lowest BCUT2D eigenvalue weighted by atomic mass is 9.92. The van der Waals surface area contributed by atoms with E-state index < -0.39 is 24.5 Å². The van der Waals surface area contributed by atoms with Crippen LogP contribution in [0.25, 0.3) is 0 Å². The second-order valence-corrected chi connectivity index (χ2v) is 9.54. The first-order chi connectivity index (χ1) is 14.7. The molecule has 0 aromatic carbocycles. The number of aliphatic hydroxyl groups is 3. The molecule has 4 N–H and O–H groups in total.